The number of hydrogen-bond donors (Lipinski definition) is 0. The fraction of sp³-hybridized carbons (Fsp3) is 0.154. The number of hydrogen-bond acceptors (Lipinski definition) is 4. The summed E-state index contributed by atoms with van der Waals surface area (Å²) in [5, 5.41) is 0.820. The molecule has 0 aliphatic carbocycles. The number of benzene rings is 1. The topological polar surface area (TPSA) is 31.4 Å². The molecule has 0 saturated heterocycles. The maximum absolute atomic E-state index is 6.12. The quantitative estimate of drug-likeness (QED) is 0.624. The summed E-state index contributed by atoms with van der Waals surface area (Å²) >= 11 is 17.1. The van der Waals surface area contributed by atoms with Crippen molar-refractivity contribution in [3.63, 3.8) is 0 Å². The van der Waals surface area contributed by atoms with Crippen molar-refractivity contribution in [1.82, 2.24) is 4.98 Å². The van der Waals surface area contributed by atoms with Crippen molar-refractivity contribution in [2.24, 2.45) is 0 Å². The summed E-state index contributed by atoms with van der Waals surface area (Å²) in [5.74, 6) is 1.47. The zero-order valence-corrected chi connectivity index (χ0v) is 14.5. The van der Waals surface area contributed by atoms with E-state index in [4.69, 9.17) is 32.7 Å². The second-order valence-corrected chi connectivity index (χ2v) is 6.26. The Kier molecular flexibility index (Phi) is 5.43. The van der Waals surface area contributed by atoms with Gasteiger partial charge in [0.25, 0.3) is 0 Å². The number of pyridine rings is 1. The van der Waals surface area contributed by atoms with Crippen LogP contribution in [0.5, 0.6) is 17.4 Å². The van der Waals surface area contributed by atoms with Gasteiger partial charge < -0.3 is 9.47 Å². The molecule has 3 nitrogen and oxygen atoms in total. The van der Waals surface area contributed by atoms with E-state index in [9.17, 15) is 0 Å². The number of halogens is 3. The van der Waals surface area contributed by atoms with Crippen LogP contribution in [-0.4, -0.2) is 18.3 Å². The van der Waals surface area contributed by atoms with E-state index in [-0.39, 0.29) is 0 Å². The third-order valence-electron chi connectivity index (χ3n) is 2.42. The van der Waals surface area contributed by atoms with E-state index in [1.807, 2.05) is 6.26 Å². The largest absolute Gasteiger partial charge is 0.494 e. The Labute approximate surface area is 139 Å². The van der Waals surface area contributed by atoms with Crippen molar-refractivity contribution < 1.29 is 9.47 Å². The van der Waals surface area contributed by atoms with Crippen LogP contribution < -0.4 is 9.47 Å². The Morgan fingerprint density at radius 3 is 2.40 bits per heavy atom. The van der Waals surface area contributed by atoms with E-state index in [0.717, 1.165) is 9.37 Å². The maximum atomic E-state index is 6.12. The molecule has 0 amide bonds. The lowest BCUT2D eigenvalue weighted by Gasteiger charge is -2.11. The SMILES string of the molecule is COc1cnc(Oc2c(Cl)cc(Br)cc2Cl)cc1SC. The van der Waals surface area contributed by atoms with Crippen molar-refractivity contribution in [1.29, 1.82) is 0 Å². The number of aromatic nitrogens is 1. The Hall–Kier alpha value is -0.620. The number of thioether (sulfide) groups is 1. The second kappa shape index (κ2) is 6.89. The van der Waals surface area contributed by atoms with Gasteiger partial charge in [0.1, 0.15) is 0 Å². The van der Waals surface area contributed by atoms with Gasteiger partial charge >= 0.3 is 0 Å². The predicted octanol–water partition coefficient (Wildman–Crippen LogP) is 5.67. The third kappa shape index (κ3) is 3.52. The fourth-order valence-electron chi connectivity index (χ4n) is 1.51. The molecule has 0 N–H and O–H groups in total. The average Bonchev–Trinajstić information content (AvgIpc) is 2.42. The lowest BCUT2D eigenvalue weighted by atomic mass is 10.3. The molecule has 0 saturated carbocycles. The standard InChI is InChI=1S/C13H10BrCl2NO2S/c1-18-10-6-17-12(5-11(10)20-2)19-13-8(15)3-7(14)4-9(13)16/h3-6H,1-2H3. The lowest BCUT2D eigenvalue weighted by molar-refractivity contribution is 0.397. The highest BCUT2D eigenvalue weighted by Crippen LogP contribution is 2.39. The minimum Gasteiger partial charge on any atom is -0.494 e. The molecule has 0 aliphatic heterocycles. The molecule has 2 aromatic rings. The molecule has 2 rings (SSSR count). The molecule has 0 unspecified atom stereocenters. The van der Waals surface area contributed by atoms with E-state index in [2.05, 4.69) is 20.9 Å². The Bertz CT molecular complexity index is 617. The molecule has 0 fully saturated rings. The highest BCUT2D eigenvalue weighted by atomic mass is 79.9. The first-order valence-corrected chi connectivity index (χ1v) is 8.23. The molecule has 106 valence electrons. The minimum absolute atomic E-state index is 0.376. The normalized spacial score (nSPS) is 10.4. The van der Waals surface area contributed by atoms with Crippen LogP contribution in [0.3, 0.4) is 0 Å². The van der Waals surface area contributed by atoms with E-state index in [1.165, 1.54) is 11.8 Å². The number of nitrogens with zero attached hydrogens (tertiary/aromatic N) is 1. The van der Waals surface area contributed by atoms with Crippen molar-refractivity contribution in [3.8, 4) is 17.4 Å². The van der Waals surface area contributed by atoms with Gasteiger partial charge in [-0.1, -0.05) is 39.1 Å². The summed E-state index contributed by atoms with van der Waals surface area (Å²) in [4.78, 5) is 5.09. The summed E-state index contributed by atoms with van der Waals surface area (Å²) in [6, 6.07) is 5.20. The van der Waals surface area contributed by atoms with Crippen LogP contribution in [0, 0.1) is 0 Å². The maximum Gasteiger partial charge on any atom is 0.220 e. The van der Waals surface area contributed by atoms with E-state index in [1.54, 1.807) is 31.5 Å². The fourth-order valence-corrected chi connectivity index (χ4v) is 3.35. The predicted molar refractivity (Wildman–Crippen MR) is 86.8 cm³/mol. The van der Waals surface area contributed by atoms with Crippen LogP contribution in [0.25, 0.3) is 0 Å². The molecule has 0 bridgehead atoms. The molecule has 20 heavy (non-hydrogen) atoms. The molecule has 0 atom stereocenters. The van der Waals surface area contributed by atoms with Gasteiger partial charge in [0.15, 0.2) is 11.5 Å². The summed E-state index contributed by atoms with van der Waals surface area (Å²) < 4.78 is 11.7. The van der Waals surface area contributed by atoms with Crippen LogP contribution in [0.4, 0.5) is 0 Å². The van der Waals surface area contributed by atoms with Gasteiger partial charge in [-0.3, -0.25) is 0 Å². The summed E-state index contributed by atoms with van der Waals surface area (Å²) in [5.41, 5.74) is 0. The zero-order valence-electron chi connectivity index (χ0n) is 10.6. The van der Waals surface area contributed by atoms with Crippen LogP contribution in [0.1, 0.15) is 0 Å². The summed E-state index contributed by atoms with van der Waals surface area (Å²) in [6.07, 6.45) is 3.54. The first-order chi connectivity index (χ1) is 9.55. The van der Waals surface area contributed by atoms with E-state index < -0.39 is 0 Å². The van der Waals surface area contributed by atoms with Crippen molar-refractivity contribution >= 4 is 50.9 Å². The molecule has 0 spiro atoms. The van der Waals surface area contributed by atoms with Crippen LogP contribution in [0.15, 0.2) is 33.8 Å². The highest BCUT2D eigenvalue weighted by Gasteiger charge is 2.12. The van der Waals surface area contributed by atoms with Gasteiger partial charge in [-0.05, 0) is 18.4 Å². The van der Waals surface area contributed by atoms with Crippen LogP contribution in [0.2, 0.25) is 10.0 Å². The molecule has 1 aromatic carbocycles. The Balaban J connectivity index is 2.35. The zero-order chi connectivity index (χ0) is 14.7. The number of ether oxygens (including phenoxy) is 2. The van der Waals surface area contributed by atoms with Gasteiger partial charge in [0, 0.05) is 10.5 Å². The first kappa shape index (κ1) is 15.8. The molecule has 0 radical (unpaired) electrons. The second-order valence-electron chi connectivity index (χ2n) is 3.68. The van der Waals surface area contributed by atoms with Gasteiger partial charge in [0.2, 0.25) is 5.88 Å². The average molecular weight is 395 g/mol. The first-order valence-electron chi connectivity index (χ1n) is 5.45. The number of methoxy groups -OCH3 is 1. The van der Waals surface area contributed by atoms with Crippen molar-refractivity contribution in [3.05, 3.63) is 38.9 Å². The van der Waals surface area contributed by atoms with Gasteiger partial charge in [0.05, 0.1) is 28.2 Å². The Morgan fingerprint density at radius 1 is 1.20 bits per heavy atom. The smallest absolute Gasteiger partial charge is 0.220 e. The molecular weight excluding hydrogens is 385 g/mol. The van der Waals surface area contributed by atoms with Gasteiger partial charge in [-0.15, -0.1) is 11.8 Å². The monoisotopic (exact) mass is 393 g/mol. The summed E-state index contributed by atoms with van der Waals surface area (Å²) in [7, 11) is 1.60. The highest BCUT2D eigenvalue weighted by molar-refractivity contribution is 9.10. The van der Waals surface area contributed by atoms with Gasteiger partial charge in [-0.2, -0.15) is 0 Å². The van der Waals surface area contributed by atoms with Crippen LogP contribution >= 0.6 is 50.9 Å². The van der Waals surface area contributed by atoms with Gasteiger partial charge in [-0.25, -0.2) is 4.98 Å². The molecule has 0 aliphatic rings. The molecule has 1 aromatic heterocycles. The molecule has 7 heteroatoms. The van der Waals surface area contributed by atoms with E-state index in [0.29, 0.717) is 27.4 Å². The summed E-state index contributed by atoms with van der Waals surface area (Å²) in [6.45, 7) is 0. The van der Waals surface area contributed by atoms with Crippen molar-refractivity contribution in [2.45, 2.75) is 4.90 Å². The Morgan fingerprint density at radius 2 is 1.85 bits per heavy atom. The van der Waals surface area contributed by atoms with E-state index >= 15 is 0 Å². The van der Waals surface area contributed by atoms with Crippen LogP contribution in [-0.2, 0) is 0 Å². The van der Waals surface area contributed by atoms with Crippen molar-refractivity contribution in [2.75, 3.05) is 13.4 Å². The molecule has 1 heterocycles. The number of rotatable bonds is 4. The lowest BCUT2D eigenvalue weighted by Crippen LogP contribution is -1.93. The minimum atomic E-state index is 0.376. The third-order valence-corrected chi connectivity index (χ3v) is 4.19. The molecular formula is C13H10BrCl2NO2S.